The minimum atomic E-state index is -0.933. The third-order valence-corrected chi connectivity index (χ3v) is 1.79. The smallest absolute Gasteiger partial charge is 0.308 e. The molecular formula is C8H12N4O2. The lowest BCUT2D eigenvalue weighted by atomic mass is 10.1. The summed E-state index contributed by atoms with van der Waals surface area (Å²) in [6.45, 7) is 1.85. The summed E-state index contributed by atoms with van der Waals surface area (Å²) in [5, 5.41) is 16.2. The monoisotopic (exact) mass is 196 g/mol. The van der Waals surface area contributed by atoms with Crippen LogP contribution < -0.4 is 5.73 Å². The second-order valence-corrected chi connectivity index (χ2v) is 2.99. The van der Waals surface area contributed by atoms with Crippen molar-refractivity contribution in [1.29, 1.82) is 0 Å². The fraction of sp³-hybridized carbons (Fsp3) is 0.500. The van der Waals surface area contributed by atoms with Crippen molar-refractivity contribution in [2.24, 2.45) is 11.7 Å². The number of carboxylic acids is 1. The molecule has 1 atom stereocenters. The third-order valence-electron chi connectivity index (χ3n) is 1.79. The van der Waals surface area contributed by atoms with Gasteiger partial charge in [-0.25, -0.2) is 4.98 Å². The average Bonchev–Trinajstić information content (AvgIpc) is 2.14. The van der Waals surface area contributed by atoms with Gasteiger partial charge in [0.15, 0.2) is 5.82 Å². The number of nitrogens with two attached hydrogens (primary N) is 1. The van der Waals surface area contributed by atoms with E-state index in [-0.39, 0.29) is 13.0 Å². The van der Waals surface area contributed by atoms with Crippen molar-refractivity contribution in [2.45, 2.75) is 13.3 Å². The van der Waals surface area contributed by atoms with Gasteiger partial charge in [-0.3, -0.25) is 4.79 Å². The molecule has 0 aliphatic carbocycles. The second-order valence-electron chi connectivity index (χ2n) is 2.99. The summed E-state index contributed by atoms with van der Waals surface area (Å²) in [7, 11) is 0. The maximum Gasteiger partial charge on any atom is 0.308 e. The first-order chi connectivity index (χ1) is 6.63. The number of aromatic nitrogens is 3. The summed E-state index contributed by atoms with van der Waals surface area (Å²) in [5.41, 5.74) is 6.02. The zero-order valence-corrected chi connectivity index (χ0v) is 7.84. The molecule has 1 aromatic heterocycles. The van der Waals surface area contributed by atoms with Gasteiger partial charge in [-0.1, -0.05) is 0 Å². The number of aryl methyl sites for hydroxylation is 1. The van der Waals surface area contributed by atoms with Crippen LogP contribution in [0.3, 0.4) is 0 Å². The maximum absolute atomic E-state index is 10.7. The molecule has 6 heteroatoms. The molecule has 0 fully saturated rings. The fourth-order valence-electron chi connectivity index (χ4n) is 1.01. The Bertz CT molecular complexity index is 329. The van der Waals surface area contributed by atoms with Gasteiger partial charge in [0.2, 0.25) is 0 Å². The summed E-state index contributed by atoms with van der Waals surface area (Å²) in [6.07, 6.45) is 1.74. The quantitative estimate of drug-likeness (QED) is 0.665. The van der Waals surface area contributed by atoms with E-state index in [1.807, 2.05) is 0 Å². The molecule has 0 saturated heterocycles. The highest BCUT2D eigenvalue weighted by Crippen LogP contribution is 2.02. The van der Waals surface area contributed by atoms with Gasteiger partial charge in [0.25, 0.3) is 0 Å². The Balaban J connectivity index is 2.72. The van der Waals surface area contributed by atoms with E-state index in [2.05, 4.69) is 15.2 Å². The summed E-state index contributed by atoms with van der Waals surface area (Å²) >= 11 is 0. The SMILES string of the molecule is Cc1cnnc(CC(CN)C(=O)O)n1. The van der Waals surface area contributed by atoms with Gasteiger partial charge in [0.05, 0.1) is 17.8 Å². The zero-order valence-electron chi connectivity index (χ0n) is 7.84. The zero-order chi connectivity index (χ0) is 10.6. The minimum Gasteiger partial charge on any atom is -0.481 e. The van der Waals surface area contributed by atoms with Gasteiger partial charge in [-0.2, -0.15) is 5.10 Å². The van der Waals surface area contributed by atoms with Crippen LogP contribution in [0.5, 0.6) is 0 Å². The minimum absolute atomic E-state index is 0.0760. The van der Waals surface area contributed by atoms with E-state index in [0.717, 1.165) is 5.69 Å². The Labute approximate surface area is 81.2 Å². The third kappa shape index (κ3) is 2.74. The van der Waals surface area contributed by atoms with E-state index in [0.29, 0.717) is 5.82 Å². The van der Waals surface area contributed by atoms with Gasteiger partial charge in [-0.15, -0.1) is 5.10 Å². The lowest BCUT2D eigenvalue weighted by Crippen LogP contribution is -2.26. The van der Waals surface area contributed by atoms with Gasteiger partial charge >= 0.3 is 5.97 Å². The van der Waals surface area contributed by atoms with E-state index in [9.17, 15) is 4.79 Å². The van der Waals surface area contributed by atoms with E-state index in [1.165, 1.54) is 6.20 Å². The molecule has 0 spiro atoms. The molecule has 0 aromatic carbocycles. The number of hydrogen-bond acceptors (Lipinski definition) is 5. The van der Waals surface area contributed by atoms with Crippen LogP contribution in [-0.2, 0) is 11.2 Å². The molecule has 0 aliphatic heterocycles. The molecular weight excluding hydrogens is 184 g/mol. The normalized spacial score (nSPS) is 12.4. The van der Waals surface area contributed by atoms with Crippen LogP contribution in [0.25, 0.3) is 0 Å². The summed E-state index contributed by atoms with van der Waals surface area (Å²) in [5.74, 6) is -1.15. The van der Waals surface area contributed by atoms with Crippen molar-refractivity contribution in [3.8, 4) is 0 Å². The molecule has 0 aliphatic rings. The summed E-state index contributed by atoms with van der Waals surface area (Å²) in [4.78, 5) is 14.7. The van der Waals surface area contributed by atoms with Gasteiger partial charge < -0.3 is 10.8 Å². The number of rotatable bonds is 4. The standard InChI is InChI=1S/C8H12N4O2/c1-5-4-10-12-7(11-5)2-6(3-9)8(13)14/h4,6H,2-3,9H2,1H3,(H,13,14). The fourth-order valence-corrected chi connectivity index (χ4v) is 1.01. The van der Waals surface area contributed by atoms with E-state index in [1.54, 1.807) is 6.92 Å². The molecule has 0 amide bonds. The number of carboxylic acid groups (broad SMARTS) is 1. The Morgan fingerprint density at radius 1 is 1.71 bits per heavy atom. The van der Waals surface area contributed by atoms with Crippen molar-refractivity contribution in [3.05, 3.63) is 17.7 Å². The topological polar surface area (TPSA) is 102 Å². The first-order valence-electron chi connectivity index (χ1n) is 4.21. The molecule has 1 aromatic rings. The van der Waals surface area contributed by atoms with E-state index < -0.39 is 11.9 Å². The largest absolute Gasteiger partial charge is 0.481 e. The van der Waals surface area contributed by atoms with Crippen molar-refractivity contribution in [3.63, 3.8) is 0 Å². The van der Waals surface area contributed by atoms with E-state index >= 15 is 0 Å². The Kier molecular flexibility index (Phi) is 3.47. The molecule has 1 unspecified atom stereocenters. The summed E-state index contributed by atoms with van der Waals surface area (Å²) < 4.78 is 0. The molecule has 3 N–H and O–H groups in total. The lowest BCUT2D eigenvalue weighted by molar-refractivity contribution is -0.141. The van der Waals surface area contributed by atoms with Crippen LogP contribution in [0.2, 0.25) is 0 Å². The van der Waals surface area contributed by atoms with Crippen LogP contribution in [-0.4, -0.2) is 32.8 Å². The first kappa shape index (κ1) is 10.5. The lowest BCUT2D eigenvalue weighted by Gasteiger charge is -2.07. The van der Waals surface area contributed by atoms with Crippen molar-refractivity contribution in [1.82, 2.24) is 15.2 Å². The number of carbonyl (C=O) groups is 1. The molecule has 1 heterocycles. The molecule has 1 rings (SSSR count). The van der Waals surface area contributed by atoms with Crippen LogP contribution in [0.1, 0.15) is 11.5 Å². The molecule has 0 saturated carbocycles. The number of hydrogen-bond donors (Lipinski definition) is 2. The molecule has 76 valence electrons. The van der Waals surface area contributed by atoms with Crippen LogP contribution in [0, 0.1) is 12.8 Å². The van der Waals surface area contributed by atoms with Crippen LogP contribution in [0.15, 0.2) is 6.20 Å². The van der Waals surface area contributed by atoms with Gasteiger partial charge in [0, 0.05) is 13.0 Å². The average molecular weight is 196 g/mol. The van der Waals surface area contributed by atoms with Crippen molar-refractivity contribution in [2.75, 3.05) is 6.54 Å². The highest BCUT2D eigenvalue weighted by atomic mass is 16.4. The van der Waals surface area contributed by atoms with E-state index in [4.69, 9.17) is 10.8 Å². The maximum atomic E-state index is 10.7. The molecule has 14 heavy (non-hydrogen) atoms. The number of nitrogens with zero attached hydrogens (tertiary/aromatic N) is 3. The predicted octanol–water partition coefficient (Wildman–Crippen LogP) is -0.618. The summed E-state index contributed by atoms with van der Waals surface area (Å²) in [6, 6.07) is 0. The predicted molar refractivity (Wildman–Crippen MR) is 48.4 cm³/mol. The molecule has 0 bridgehead atoms. The van der Waals surface area contributed by atoms with Crippen molar-refractivity contribution < 1.29 is 9.90 Å². The van der Waals surface area contributed by atoms with Crippen molar-refractivity contribution >= 4 is 5.97 Å². The second kappa shape index (κ2) is 4.61. The first-order valence-corrected chi connectivity index (χ1v) is 4.21. The van der Waals surface area contributed by atoms with Crippen LogP contribution in [0.4, 0.5) is 0 Å². The molecule has 0 radical (unpaired) electrons. The highest BCUT2D eigenvalue weighted by molar-refractivity contribution is 5.70. The van der Waals surface area contributed by atoms with Gasteiger partial charge in [0.1, 0.15) is 0 Å². The Hall–Kier alpha value is -1.56. The highest BCUT2D eigenvalue weighted by Gasteiger charge is 2.17. The Morgan fingerprint density at radius 2 is 2.43 bits per heavy atom. The molecule has 6 nitrogen and oxygen atoms in total. The van der Waals surface area contributed by atoms with Gasteiger partial charge in [-0.05, 0) is 6.92 Å². The number of aliphatic carboxylic acids is 1. The van der Waals surface area contributed by atoms with Crippen LogP contribution >= 0.6 is 0 Å². The Morgan fingerprint density at radius 3 is 2.93 bits per heavy atom.